The number of nitrogens with one attached hydrogen (secondary N) is 3. The van der Waals surface area contributed by atoms with E-state index in [1.807, 2.05) is 31.5 Å². The Kier molecular flexibility index (Phi) is 6.91. The van der Waals surface area contributed by atoms with Crippen LogP contribution in [-0.4, -0.2) is 40.6 Å². The SMILES string of the molecule is CC(C)(C)OC(=O)NCCNC(=O)Nc1cc(C(C)(C)C)nn1C(C)(C)C. The molecule has 0 aromatic carbocycles. The Labute approximate surface area is 162 Å². The fourth-order valence-corrected chi connectivity index (χ4v) is 2.16. The van der Waals surface area contributed by atoms with E-state index >= 15 is 0 Å². The standard InChI is InChI=1S/C19H35N5O3/c1-17(2,3)13-12-14(24(23-13)18(4,5)6)22-15(25)20-10-11-21-16(26)27-19(7,8)9/h12H,10-11H2,1-9H3,(H,21,26)(H2,20,22,25). The molecule has 0 unspecified atom stereocenters. The summed E-state index contributed by atoms with van der Waals surface area (Å²) < 4.78 is 6.95. The summed E-state index contributed by atoms with van der Waals surface area (Å²) in [6.45, 7) is 18.3. The summed E-state index contributed by atoms with van der Waals surface area (Å²) in [4.78, 5) is 23.8. The second-order valence-corrected chi connectivity index (χ2v) is 9.56. The van der Waals surface area contributed by atoms with Crippen molar-refractivity contribution >= 4 is 17.9 Å². The van der Waals surface area contributed by atoms with Gasteiger partial charge in [-0.05, 0) is 41.5 Å². The monoisotopic (exact) mass is 381 g/mol. The lowest BCUT2D eigenvalue weighted by Crippen LogP contribution is -2.39. The molecule has 8 heteroatoms. The molecule has 0 saturated carbocycles. The largest absolute Gasteiger partial charge is 0.444 e. The van der Waals surface area contributed by atoms with E-state index in [-0.39, 0.29) is 30.1 Å². The number of urea groups is 1. The number of carbonyl (C=O) groups excluding carboxylic acids is 2. The van der Waals surface area contributed by atoms with Crippen LogP contribution in [0.3, 0.4) is 0 Å². The van der Waals surface area contributed by atoms with Crippen LogP contribution in [-0.2, 0) is 15.7 Å². The highest BCUT2D eigenvalue weighted by molar-refractivity contribution is 5.88. The number of hydrogen-bond acceptors (Lipinski definition) is 4. The van der Waals surface area contributed by atoms with Crippen molar-refractivity contribution in [3.63, 3.8) is 0 Å². The van der Waals surface area contributed by atoms with Crippen molar-refractivity contribution in [3.8, 4) is 0 Å². The quantitative estimate of drug-likeness (QED) is 0.694. The molecule has 0 aliphatic carbocycles. The van der Waals surface area contributed by atoms with Gasteiger partial charge in [0, 0.05) is 24.6 Å². The summed E-state index contributed by atoms with van der Waals surface area (Å²) in [5, 5.41) is 12.8. The van der Waals surface area contributed by atoms with Gasteiger partial charge in [0.15, 0.2) is 0 Å². The molecule has 3 amide bonds. The predicted molar refractivity (Wildman–Crippen MR) is 107 cm³/mol. The van der Waals surface area contributed by atoms with Crippen molar-refractivity contribution in [3.05, 3.63) is 11.8 Å². The molecule has 27 heavy (non-hydrogen) atoms. The number of ether oxygens (including phenoxy) is 1. The van der Waals surface area contributed by atoms with Gasteiger partial charge in [-0.1, -0.05) is 20.8 Å². The maximum atomic E-state index is 12.2. The molecule has 0 bridgehead atoms. The Bertz CT molecular complexity index is 660. The topological polar surface area (TPSA) is 97.3 Å². The molecule has 0 radical (unpaired) electrons. The highest BCUT2D eigenvalue weighted by Crippen LogP contribution is 2.28. The van der Waals surface area contributed by atoms with Crippen LogP contribution in [0.4, 0.5) is 15.4 Å². The Hall–Kier alpha value is -2.25. The molecule has 1 heterocycles. The number of hydrogen-bond donors (Lipinski definition) is 3. The van der Waals surface area contributed by atoms with Gasteiger partial charge in [-0.2, -0.15) is 5.10 Å². The minimum atomic E-state index is -0.551. The molecule has 3 N–H and O–H groups in total. The van der Waals surface area contributed by atoms with Gasteiger partial charge in [-0.15, -0.1) is 0 Å². The van der Waals surface area contributed by atoms with Gasteiger partial charge in [0.05, 0.1) is 11.2 Å². The fourth-order valence-electron chi connectivity index (χ4n) is 2.16. The normalized spacial score (nSPS) is 12.5. The van der Waals surface area contributed by atoms with Gasteiger partial charge >= 0.3 is 12.1 Å². The van der Waals surface area contributed by atoms with Gasteiger partial charge in [-0.25, -0.2) is 14.3 Å². The van der Waals surface area contributed by atoms with Crippen molar-refractivity contribution in [1.29, 1.82) is 0 Å². The zero-order chi connectivity index (χ0) is 21.0. The lowest BCUT2D eigenvalue weighted by Gasteiger charge is -2.23. The molecular weight excluding hydrogens is 346 g/mol. The van der Waals surface area contributed by atoms with Crippen LogP contribution in [0.15, 0.2) is 6.07 Å². The number of rotatable bonds is 4. The van der Waals surface area contributed by atoms with Crippen molar-refractivity contribution in [2.24, 2.45) is 0 Å². The summed E-state index contributed by atoms with van der Waals surface area (Å²) in [6.07, 6.45) is -0.509. The van der Waals surface area contributed by atoms with Gasteiger partial charge in [0.1, 0.15) is 11.4 Å². The maximum absolute atomic E-state index is 12.2. The van der Waals surface area contributed by atoms with E-state index in [4.69, 9.17) is 4.74 Å². The van der Waals surface area contributed by atoms with E-state index in [2.05, 4.69) is 41.8 Å². The first-order chi connectivity index (χ1) is 12.1. The Morgan fingerprint density at radius 1 is 1.00 bits per heavy atom. The highest BCUT2D eigenvalue weighted by atomic mass is 16.6. The van der Waals surface area contributed by atoms with Crippen molar-refractivity contribution in [1.82, 2.24) is 20.4 Å². The Morgan fingerprint density at radius 3 is 2.04 bits per heavy atom. The first kappa shape index (κ1) is 22.8. The third-order valence-corrected chi connectivity index (χ3v) is 3.43. The summed E-state index contributed by atoms with van der Waals surface area (Å²) in [7, 11) is 0. The first-order valence-electron chi connectivity index (χ1n) is 9.22. The average molecular weight is 382 g/mol. The van der Waals surface area contributed by atoms with Crippen LogP contribution >= 0.6 is 0 Å². The number of aromatic nitrogens is 2. The van der Waals surface area contributed by atoms with Crippen LogP contribution in [0.5, 0.6) is 0 Å². The number of carbonyl (C=O) groups is 2. The molecule has 0 saturated heterocycles. The molecule has 0 atom stereocenters. The third kappa shape index (κ3) is 7.88. The van der Waals surface area contributed by atoms with Gasteiger partial charge < -0.3 is 15.4 Å². The Morgan fingerprint density at radius 2 is 1.56 bits per heavy atom. The highest BCUT2D eigenvalue weighted by Gasteiger charge is 2.25. The van der Waals surface area contributed by atoms with E-state index in [1.165, 1.54) is 0 Å². The van der Waals surface area contributed by atoms with Crippen LogP contribution in [0.1, 0.15) is 68.0 Å². The van der Waals surface area contributed by atoms with Gasteiger partial charge in [-0.3, -0.25) is 5.32 Å². The molecule has 1 rings (SSSR count). The second-order valence-electron chi connectivity index (χ2n) is 9.56. The number of alkyl carbamates (subject to hydrolysis) is 1. The van der Waals surface area contributed by atoms with E-state index in [9.17, 15) is 9.59 Å². The van der Waals surface area contributed by atoms with E-state index in [0.717, 1.165) is 5.69 Å². The lowest BCUT2D eigenvalue weighted by atomic mass is 9.92. The maximum Gasteiger partial charge on any atom is 0.407 e. The van der Waals surface area contributed by atoms with Gasteiger partial charge in [0.25, 0.3) is 0 Å². The molecule has 0 fully saturated rings. The van der Waals surface area contributed by atoms with E-state index in [0.29, 0.717) is 5.82 Å². The predicted octanol–water partition coefficient (Wildman–Crippen LogP) is 3.58. The first-order valence-corrected chi connectivity index (χ1v) is 9.22. The zero-order valence-electron chi connectivity index (χ0n) is 18.1. The molecule has 1 aromatic rings. The number of nitrogens with zero attached hydrogens (tertiary/aromatic N) is 2. The van der Waals surface area contributed by atoms with Crippen LogP contribution < -0.4 is 16.0 Å². The summed E-state index contributed by atoms with van der Waals surface area (Å²) >= 11 is 0. The van der Waals surface area contributed by atoms with Crippen molar-refractivity contribution < 1.29 is 14.3 Å². The van der Waals surface area contributed by atoms with Crippen LogP contribution in [0.25, 0.3) is 0 Å². The van der Waals surface area contributed by atoms with Crippen LogP contribution in [0, 0.1) is 0 Å². The molecule has 0 aliphatic rings. The molecule has 0 spiro atoms. The van der Waals surface area contributed by atoms with Crippen LogP contribution in [0.2, 0.25) is 0 Å². The summed E-state index contributed by atoms with van der Waals surface area (Å²) in [5.74, 6) is 0.630. The number of amides is 3. The van der Waals surface area contributed by atoms with E-state index in [1.54, 1.807) is 20.8 Å². The minimum Gasteiger partial charge on any atom is -0.444 e. The van der Waals surface area contributed by atoms with Gasteiger partial charge in [0.2, 0.25) is 0 Å². The molecule has 8 nitrogen and oxygen atoms in total. The summed E-state index contributed by atoms with van der Waals surface area (Å²) in [5.41, 5.74) is -0.0461. The zero-order valence-corrected chi connectivity index (χ0v) is 18.1. The van der Waals surface area contributed by atoms with Crippen molar-refractivity contribution in [2.75, 3.05) is 18.4 Å². The summed E-state index contributed by atoms with van der Waals surface area (Å²) in [6, 6.07) is 1.54. The van der Waals surface area contributed by atoms with E-state index < -0.39 is 11.7 Å². The lowest BCUT2D eigenvalue weighted by molar-refractivity contribution is 0.0528. The number of anilines is 1. The fraction of sp³-hybridized carbons (Fsp3) is 0.737. The molecule has 0 aliphatic heterocycles. The molecule has 154 valence electrons. The van der Waals surface area contributed by atoms with Crippen molar-refractivity contribution in [2.45, 2.75) is 78.9 Å². The Balaban J connectivity index is 2.62. The average Bonchev–Trinajstić information content (AvgIpc) is 2.85. The smallest absolute Gasteiger partial charge is 0.407 e. The second kappa shape index (κ2) is 8.19. The minimum absolute atomic E-state index is 0.124. The molecular formula is C19H35N5O3. The third-order valence-electron chi connectivity index (χ3n) is 3.43. The molecule has 1 aromatic heterocycles.